The Morgan fingerprint density at radius 2 is 1.94 bits per heavy atom. The Labute approximate surface area is 199 Å². The average Bonchev–Trinajstić information content (AvgIpc) is 3.30. The molecule has 0 atom stereocenters. The SMILES string of the molecule is NCC(=O)N1CCC(c2nc3c(-c4ccc(-c5cccnc5)nc4)cnn3c(N)c2Br)CC1. The Morgan fingerprint density at radius 3 is 2.61 bits per heavy atom. The van der Waals surface area contributed by atoms with Crippen LogP contribution in [0.25, 0.3) is 28.0 Å². The summed E-state index contributed by atoms with van der Waals surface area (Å²) in [6.07, 6.45) is 8.71. The monoisotopic (exact) mass is 506 g/mol. The van der Waals surface area contributed by atoms with E-state index in [0.29, 0.717) is 24.6 Å². The molecule has 1 aliphatic heterocycles. The topological polar surface area (TPSA) is 128 Å². The molecule has 0 saturated carbocycles. The number of hydrogen-bond donors (Lipinski definition) is 2. The van der Waals surface area contributed by atoms with Crippen molar-refractivity contribution in [3.63, 3.8) is 0 Å². The molecule has 10 heteroatoms. The summed E-state index contributed by atoms with van der Waals surface area (Å²) < 4.78 is 2.39. The number of hydrogen-bond acceptors (Lipinski definition) is 7. The van der Waals surface area contributed by atoms with E-state index in [2.05, 4.69) is 31.0 Å². The zero-order valence-electron chi connectivity index (χ0n) is 17.9. The first kappa shape index (κ1) is 21.5. The second-order valence-electron chi connectivity index (χ2n) is 8.02. The smallest absolute Gasteiger partial charge is 0.236 e. The number of nitrogens with zero attached hydrogens (tertiary/aromatic N) is 6. The maximum atomic E-state index is 11.9. The Kier molecular flexibility index (Phi) is 5.77. The number of carbonyl (C=O) groups excluding carboxylic acids is 1. The molecule has 0 aliphatic carbocycles. The molecule has 4 aromatic heterocycles. The first-order valence-electron chi connectivity index (χ1n) is 10.7. The van der Waals surface area contributed by atoms with Gasteiger partial charge in [0.1, 0.15) is 5.82 Å². The summed E-state index contributed by atoms with van der Waals surface area (Å²) in [6.45, 7) is 1.36. The lowest BCUT2D eigenvalue weighted by Gasteiger charge is -2.32. The van der Waals surface area contributed by atoms with E-state index in [4.69, 9.17) is 16.5 Å². The number of likely N-dealkylation sites (tertiary alicyclic amines) is 1. The third-order valence-corrected chi connectivity index (χ3v) is 6.90. The molecule has 0 unspecified atom stereocenters. The second-order valence-corrected chi connectivity index (χ2v) is 8.82. The van der Waals surface area contributed by atoms with Crippen LogP contribution in [0.2, 0.25) is 0 Å². The van der Waals surface area contributed by atoms with E-state index in [-0.39, 0.29) is 18.4 Å². The highest BCUT2D eigenvalue weighted by atomic mass is 79.9. The number of piperidine rings is 1. The van der Waals surface area contributed by atoms with Gasteiger partial charge in [0.05, 0.1) is 28.6 Å². The maximum Gasteiger partial charge on any atom is 0.236 e. The van der Waals surface area contributed by atoms with Gasteiger partial charge >= 0.3 is 0 Å². The maximum absolute atomic E-state index is 11.9. The molecule has 1 aliphatic rings. The van der Waals surface area contributed by atoms with E-state index < -0.39 is 0 Å². The van der Waals surface area contributed by atoms with Gasteiger partial charge in [0.2, 0.25) is 5.91 Å². The van der Waals surface area contributed by atoms with Gasteiger partial charge in [-0.05, 0) is 47.0 Å². The molecule has 4 N–H and O–H groups in total. The van der Waals surface area contributed by atoms with Crippen LogP contribution in [-0.4, -0.2) is 55.0 Å². The van der Waals surface area contributed by atoms with Gasteiger partial charge in [-0.25, -0.2) is 4.98 Å². The van der Waals surface area contributed by atoms with Crippen molar-refractivity contribution in [1.82, 2.24) is 29.5 Å². The molecule has 0 aromatic carbocycles. The molecule has 0 bridgehead atoms. The lowest BCUT2D eigenvalue weighted by Crippen LogP contribution is -2.41. The van der Waals surface area contributed by atoms with Crippen LogP contribution < -0.4 is 11.5 Å². The minimum Gasteiger partial charge on any atom is -0.383 e. The molecule has 1 saturated heterocycles. The van der Waals surface area contributed by atoms with Crippen molar-refractivity contribution < 1.29 is 4.79 Å². The van der Waals surface area contributed by atoms with Crippen LogP contribution in [0, 0.1) is 0 Å². The predicted molar refractivity (Wildman–Crippen MR) is 129 cm³/mol. The summed E-state index contributed by atoms with van der Waals surface area (Å²) in [6, 6.07) is 7.83. The molecular weight excluding hydrogens is 484 g/mol. The number of pyridine rings is 2. The number of rotatable bonds is 4. The summed E-state index contributed by atoms with van der Waals surface area (Å²) in [7, 11) is 0. The Bertz CT molecular complexity index is 1300. The molecule has 1 fully saturated rings. The zero-order valence-corrected chi connectivity index (χ0v) is 19.4. The van der Waals surface area contributed by atoms with Crippen molar-refractivity contribution in [3.05, 3.63) is 59.2 Å². The van der Waals surface area contributed by atoms with Crippen LogP contribution in [0.4, 0.5) is 5.82 Å². The molecule has 9 nitrogen and oxygen atoms in total. The van der Waals surface area contributed by atoms with E-state index in [1.807, 2.05) is 35.4 Å². The van der Waals surface area contributed by atoms with Gasteiger partial charge in [0.25, 0.3) is 0 Å². The first-order chi connectivity index (χ1) is 16.1. The lowest BCUT2D eigenvalue weighted by atomic mass is 9.93. The van der Waals surface area contributed by atoms with Gasteiger partial charge in [-0.2, -0.15) is 9.61 Å². The molecular formula is C23H23BrN8O. The summed E-state index contributed by atoms with van der Waals surface area (Å²) in [5.41, 5.74) is 17.1. The van der Waals surface area contributed by atoms with E-state index in [0.717, 1.165) is 45.4 Å². The number of anilines is 1. The van der Waals surface area contributed by atoms with Crippen molar-refractivity contribution in [2.75, 3.05) is 25.4 Å². The number of amides is 1. The third kappa shape index (κ3) is 3.96. The van der Waals surface area contributed by atoms with Crippen LogP contribution in [0.5, 0.6) is 0 Å². The summed E-state index contributed by atoms with van der Waals surface area (Å²) in [5.74, 6) is 0.666. The minimum absolute atomic E-state index is 0.0178. The molecule has 33 heavy (non-hydrogen) atoms. The number of nitrogen functional groups attached to an aromatic ring is 1. The second kappa shape index (κ2) is 8.87. The standard InChI is InChI=1S/C23H23BrN8O/c24-20-21(14-5-8-31(9-6-14)19(33)10-25)30-23-17(13-29-32(23)22(20)26)15-3-4-18(28-12-15)16-2-1-7-27-11-16/h1-4,7,11-14H,5-6,8-10,25-26H2. The summed E-state index contributed by atoms with van der Waals surface area (Å²) >= 11 is 3.63. The van der Waals surface area contributed by atoms with Crippen molar-refractivity contribution in [3.8, 4) is 22.4 Å². The van der Waals surface area contributed by atoms with E-state index >= 15 is 0 Å². The molecule has 5 rings (SSSR count). The average molecular weight is 507 g/mol. The zero-order chi connectivity index (χ0) is 22.9. The highest BCUT2D eigenvalue weighted by molar-refractivity contribution is 9.10. The minimum atomic E-state index is -0.0178. The van der Waals surface area contributed by atoms with Gasteiger partial charge in [-0.15, -0.1) is 0 Å². The normalized spacial score (nSPS) is 14.7. The van der Waals surface area contributed by atoms with Crippen LogP contribution >= 0.6 is 15.9 Å². The predicted octanol–water partition coefficient (Wildman–Crippen LogP) is 2.86. The number of halogens is 1. The van der Waals surface area contributed by atoms with Crippen molar-refractivity contribution >= 4 is 33.3 Å². The van der Waals surface area contributed by atoms with E-state index in [1.165, 1.54) is 0 Å². The Morgan fingerprint density at radius 1 is 1.12 bits per heavy atom. The van der Waals surface area contributed by atoms with Crippen molar-refractivity contribution in [2.45, 2.75) is 18.8 Å². The number of fused-ring (bicyclic) bond motifs is 1. The molecule has 4 aromatic rings. The molecule has 5 heterocycles. The first-order valence-corrected chi connectivity index (χ1v) is 11.5. The molecule has 168 valence electrons. The van der Waals surface area contributed by atoms with Gasteiger partial charge in [-0.1, -0.05) is 6.07 Å². The number of carbonyl (C=O) groups is 1. The van der Waals surface area contributed by atoms with Crippen LogP contribution in [-0.2, 0) is 4.79 Å². The van der Waals surface area contributed by atoms with Gasteiger partial charge < -0.3 is 16.4 Å². The lowest BCUT2D eigenvalue weighted by molar-refractivity contribution is -0.130. The van der Waals surface area contributed by atoms with Crippen molar-refractivity contribution in [1.29, 1.82) is 0 Å². The van der Waals surface area contributed by atoms with Crippen LogP contribution in [0.15, 0.2) is 53.5 Å². The largest absolute Gasteiger partial charge is 0.383 e. The molecule has 0 radical (unpaired) electrons. The fourth-order valence-corrected chi connectivity index (χ4v) is 4.84. The summed E-state index contributed by atoms with van der Waals surface area (Å²) in [5, 5.41) is 4.46. The highest BCUT2D eigenvalue weighted by Crippen LogP contribution is 2.37. The molecule has 0 spiro atoms. The summed E-state index contributed by atoms with van der Waals surface area (Å²) in [4.78, 5) is 27.5. The number of aromatic nitrogens is 5. The Hall–Kier alpha value is -3.37. The van der Waals surface area contributed by atoms with Gasteiger partial charge in [0.15, 0.2) is 5.65 Å². The number of nitrogens with two attached hydrogens (primary N) is 2. The fraction of sp³-hybridized carbons (Fsp3) is 0.261. The van der Waals surface area contributed by atoms with E-state index in [1.54, 1.807) is 23.1 Å². The van der Waals surface area contributed by atoms with Crippen molar-refractivity contribution in [2.24, 2.45) is 5.73 Å². The van der Waals surface area contributed by atoms with Gasteiger partial charge in [-0.3, -0.25) is 14.8 Å². The van der Waals surface area contributed by atoms with Crippen LogP contribution in [0.1, 0.15) is 24.5 Å². The third-order valence-electron chi connectivity index (χ3n) is 6.09. The molecule has 1 amide bonds. The fourth-order valence-electron chi connectivity index (χ4n) is 4.26. The highest BCUT2D eigenvalue weighted by Gasteiger charge is 2.27. The van der Waals surface area contributed by atoms with E-state index in [9.17, 15) is 4.79 Å². The van der Waals surface area contributed by atoms with Crippen LogP contribution in [0.3, 0.4) is 0 Å². The quantitative estimate of drug-likeness (QED) is 0.435. The van der Waals surface area contributed by atoms with Gasteiger partial charge in [0, 0.05) is 54.3 Å². The Balaban J connectivity index is 1.48.